The number of hydrogen-bond donors (Lipinski definition) is 0. The largest absolute Gasteiger partial charge is 0.449 e. The highest BCUT2D eigenvalue weighted by Crippen LogP contribution is 2.29. The summed E-state index contributed by atoms with van der Waals surface area (Å²) in [4.78, 5) is 0. The van der Waals surface area contributed by atoms with Gasteiger partial charge in [-0.1, -0.05) is 54.6 Å². The smallest absolute Gasteiger partial charge is 0.336 e. The second kappa shape index (κ2) is 10.2. The quantitative estimate of drug-likeness (QED) is 0.121. The number of benzene rings is 4. The molecule has 5 nitrogen and oxygen atoms in total. The van der Waals surface area contributed by atoms with Crippen molar-refractivity contribution in [2.45, 2.75) is 0 Å². The van der Waals surface area contributed by atoms with Crippen LogP contribution < -0.4 is 5.19 Å². The molecule has 0 aliphatic rings. The van der Waals surface area contributed by atoms with Gasteiger partial charge >= 0.3 is 9.28 Å². The average molecular weight is 489 g/mol. The summed E-state index contributed by atoms with van der Waals surface area (Å²) in [7, 11) is -3.46. The van der Waals surface area contributed by atoms with Crippen LogP contribution in [-0.2, 0) is 20.6 Å². The monoisotopic (exact) mass is 488 g/mol. The van der Waals surface area contributed by atoms with Crippen molar-refractivity contribution in [2.24, 2.45) is 0 Å². The van der Waals surface area contributed by atoms with Crippen molar-refractivity contribution in [2.75, 3.05) is 0 Å². The lowest BCUT2D eigenvalue weighted by Gasteiger charge is -2.19. The molecule has 0 spiro atoms. The molecule has 0 amide bonds. The van der Waals surface area contributed by atoms with Crippen molar-refractivity contribution in [3.63, 3.8) is 0 Å². The Morgan fingerprint density at radius 2 is 1.41 bits per heavy atom. The molecular weight excluding hydrogens is 465 g/mol. The Labute approximate surface area is 184 Å². The van der Waals surface area contributed by atoms with Crippen molar-refractivity contribution in [1.29, 1.82) is 0 Å². The molecule has 29 heavy (non-hydrogen) atoms. The van der Waals surface area contributed by atoms with Gasteiger partial charge in [0, 0.05) is 0 Å². The molecule has 0 saturated carbocycles. The molecule has 0 N–H and O–H groups in total. The van der Waals surface area contributed by atoms with E-state index in [0.29, 0.717) is 10.5 Å². The van der Waals surface area contributed by atoms with Crippen LogP contribution in [0, 0.1) is 0 Å². The molecule has 11 heteroatoms. The molecule has 0 heterocycles. The molecule has 0 aliphatic heterocycles. The van der Waals surface area contributed by atoms with Gasteiger partial charge in [-0.25, -0.2) is 0 Å². The zero-order valence-electron chi connectivity index (χ0n) is 16.6. The minimum atomic E-state index is -2.00. The third kappa shape index (κ3) is 4.75. The van der Waals surface area contributed by atoms with Crippen LogP contribution >= 0.6 is 0 Å². The van der Waals surface area contributed by atoms with E-state index in [2.05, 4.69) is 66.7 Å². The third-order valence-electron chi connectivity index (χ3n) is 4.90. The summed E-state index contributed by atoms with van der Waals surface area (Å²) in [5, 5.41) is 8.69. The molecule has 0 aliphatic carbocycles. The Morgan fingerprint density at radius 3 is 2.21 bits per heavy atom. The van der Waals surface area contributed by atoms with Gasteiger partial charge in [-0.3, -0.25) is 0 Å². The van der Waals surface area contributed by atoms with Gasteiger partial charge in [-0.15, -0.1) is 0 Å². The number of hydrogen-bond acceptors (Lipinski definition) is 5. The number of fused-ring (bicyclic) bond motifs is 4. The Kier molecular flexibility index (Phi) is 7.38. The molecule has 0 radical (unpaired) electrons. The SMILES string of the molecule is [SiH3]O[SiH2]O[SiH2]O[SiH2]O[SiH](O[SiH3])c1cccc2ccc3cc4ccccc4cc3c12. The maximum atomic E-state index is 6.21. The average Bonchev–Trinajstić information content (AvgIpc) is 2.77. The molecule has 0 fully saturated rings. The molecule has 0 aromatic heterocycles. The van der Waals surface area contributed by atoms with E-state index >= 15 is 0 Å². The summed E-state index contributed by atoms with van der Waals surface area (Å²) in [6, 6.07) is 23.9. The van der Waals surface area contributed by atoms with Crippen molar-refractivity contribution < 1.29 is 20.6 Å². The summed E-state index contributed by atoms with van der Waals surface area (Å²) in [6.07, 6.45) is 0. The third-order valence-corrected chi connectivity index (χ3v) is 13.0. The maximum Gasteiger partial charge on any atom is 0.336 e. The first-order valence-electron chi connectivity index (χ1n) is 9.45. The highest BCUT2D eigenvalue weighted by Gasteiger charge is 2.19. The fourth-order valence-corrected chi connectivity index (χ4v) is 13.9. The fraction of sp³-hybridized carbons (Fsp3) is 0. The highest BCUT2D eigenvalue weighted by atomic mass is 28.4. The van der Waals surface area contributed by atoms with Crippen molar-refractivity contribution in [3.8, 4) is 0 Å². The Morgan fingerprint density at radius 1 is 0.690 bits per heavy atom. The summed E-state index contributed by atoms with van der Waals surface area (Å²) in [5.41, 5.74) is 0. The molecular formula is C18H24O5Si6. The summed E-state index contributed by atoms with van der Waals surface area (Å²) in [6.45, 7) is 0. The van der Waals surface area contributed by atoms with Crippen LogP contribution in [0.25, 0.3) is 32.3 Å². The maximum absolute atomic E-state index is 6.21. The first kappa shape index (κ1) is 21.0. The predicted octanol–water partition coefficient (Wildman–Crippen LogP) is -1.79. The first-order chi connectivity index (χ1) is 14.3. The molecule has 4 rings (SSSR count). The van der Waals surface area contributed by atoms with E-state index in [4.69, 9.17) is 20.6 Å². The Balaban J connectivity index is 1.71. The zero-order chi connectivity index (χ0) is 20.1. The minimum absolute atomic E-state index is 0.645. The molecule has 4 aromatic rings. The highest BCUT2D eigenvalue weighted by molar-refractivity contribution is 6.71. The second-order valence-electron chi connectivity index (χ2n) is 6.72. The predicted molar refractivity (Wildman–Crippen MR) is 137 cm³/mol. The topological polar surface area (TPSA) is 46.2 Å². The van der Waals surface area contributed by atoms with Gasteiger partial charge in [0.1, 0.15) is 21.0 Å². The lowest BCUT2D eigenvalue weighted by atomic mass is 9.98. The van der Waals surface area contributed by atoms with E-state index < -0.39 is 39.3 Å². The van der Waals surface area contributed by atoms with Crippen molar-refractivity contribution >= 4 is 97.8 Å². The molecule has 0 saturated heterocycles. The van der Waals surface area contributed by atoms with Crippen LogP contribution in [0.15, 0.2) is 66.7 Å². The normalized spacial score (nSPS) is 14.2. The molecule has 150 valence electrons. The van der Waals surface area contributed by atoms with Gasteiger partial charge in [0.15, 0.2) is 0 Å². The van der Waals surface area contributed by atoms with E-state index in [0.717, 1.165) is 10.5 Å². The molecule has 4 aromatic carbocycles. The van der Waals surface area contributed by atoms with E-state index in [1.54, 1.807) is 0 Å². The van der Waals surface area contributed by atoms with Crippen LogP contribution in [0.3, 0.4) is 0 Å². The Hall–Kier alpha value is -1.24. The van der Waals surface area contributed by atoms with E-state index in [1.807, 2.05) is 0 Å². The second-order valence-corrected chi connectivity index (χ2v) is 17.5. The van der Waals surface area contributed by atoms with Crippen molar-refractivity contribution in [1.82, 2.24) is 0 Å². The standard InChI is InChI=1S/C18H24O5Si6/c24-19-26-21-27-22-28-23-29(20-25)17-7-3-6-12-8-9-15-10-13-4-1-2-5-14(13)11-16(15)18(12)17/h1-11,29H,26-28H2,24-25H3. The van der Waals surface area contributed by atoms with Crippen LogP contribution in [0.2, 0.25) is 0 Å². The van der Waals surface area contributed by atoms with Crippen molar-refractivity contribution in [3.05, 3.63) is 66.7 Å². The lowest BCUT2D eigenvalue weighted by molar-refractivity contribution is 0.384. The molecule has 1 atom stereocenters. The summed E-state index contributed by atoms with van der Waals surface area (Å²) in [5.74, 6) is 0. The van der Waals surface area contributed by atoms with Gasteiger partial charge in [0.2, 0.25) is 0 Å². The van der Waals surface area contributed by atoms with Crippen LogP contribution in [0.5, 0.6) is 0 Å². The summed E-state index contributed by atoms with van der Waals surface area (Å²) >= 11 is 0. The molecule has 1 unspecified atom stereocenters. The van der Waals surface area contributed by atoms with Gasteiger partial charge in [0.05, 0.1) is 0 Å². The first-order valence-corrected chi connectivity index (χ1v) is 16.1. The minimum Gasteiger partial charge on any atom is -0.449 e. The summed E-state index contributed by atoms with van der Waals surface area (Å²) < 4.78 is 28.5. The van der Waals surface area contributed by atoms with E-state index in [-0.39, 0.29) is 0 Å². The molecule has 0 bridgehead atoms. The van der Waals surface area contributed by atoms with Gasteiger partial charge in [-0.2, -0.15) is 0 Å². The fourth-order valence-electron chi connectivity index (χ4n) is 3.63. The van der Waals surface area contributed by atoms with Gasteiger partial charge in [0.25, 0.3) is 30.0 Å². The van der Waals surface area contributed by atoms with Crippen LogP contribution in [-0.4, -0.2) is 60.3 Å². The Bertz CT molecular complexity index is 1130. The zero-order valence-corrected chi connectivity index (χ0v) is 26.0. The number of rotatable bonds is 9. The van der Waals surface area contributed by atoms with Gasteiger partial charge < -0.3 is 20.6 Å². The van der Waals surface area contributed by atoms with Gasteiger partial charge in [-0.05, 0) is 49.6 Å². The van der Waals surface area contributed by atoms with Crippen LogP contribution in [0.4, 0.5) is 0 Å². The van der Waals surface area contributed by atoms with E-state index in [9.17, 15) is 0 Å². The lowest BCUT2D eigenvalue weighted by Crippen LogP contribution is -2.39. The van der Waals surface area contributed by atoms with E-state index in [1.165, 1.54) is 37.5 Å². The van der Waals surface area contributed by atoms with Crippen LogP contribution in [0.1, 0.15) is 0 Å².